The Labute approximate surface area is 152 Å². The summed E-state index contributed by atoms with van der Waals surface area (Å²) in [5, 5.41) is 2.67. The molecular formula is C21H22FNO3. The molecule has 0 heterocycles. The van der Waals surface area contributed by atoms with Gasteiger partial charge in [0, 0.05) is 11.8 Å². The van der Waals surface area contributed by atoms with Gasteiger partial charge in [-0.2, -0.15) is 0 Å². The minimum atomic E-state index is -0.667. The van der Waals surface area contributed by atoms with E-state index in [1.165, 1.54) is 23.8 Å². The number of nitrogens with one attached hydrogen (secondary N) is 1. The maximum atomic E-state index is 13.0. The average molecular weight is 355 g/mol. The summed E-state index contributed by atoms with van der Waals surface area (Å²) in [6.07, 6.45) is 5.87. The molecule has 0 saturated carbocycles. The standard InChI is InChI=1S/C21H22FNO3/c1-2-3-5-16-8-11-19(12-9-16)23-20(24)15-26-21(25)13-10-17-6-4-7-18(22)14-17/h4,6-14H,2-3,5,15H2,1H3,(H,23,24). The fraction of sp³-hybridized carbons (Fsp3) is 0.238. The molecule has 0 aliphatic heterocycles. The fourth-order valence-corrected chi connectivity index (χ4v) is 2.29. The Hall–Kier alpha value is -2.95. The number of ether oxygens (including phenoxy) is 1. The van der Waals surface area contributed by atoms with Gasteiger partial charge in [-0.1, -0.05) is 37.6 Å². The van der Waals surface area contributed by atoms with Crippen molar-refractivity contribution in [3.63, 3.8) is 0 Å². The van der Waals surface area contributed by atoms with E-state index >= 15 is 0 Å². The Morgan fingerprint density at radius 2 is 1.92 bits per heavy atom. The molecule has 4 nitrogen and oxygen atoms in total. The van der Waals surface area contributed by atoms with Crippen LogP contribution in [-0.4, -0.2) is 18.5 Å². The van der Waals surface area contributed by atoms with E-state index in [4.69, 9.17) is 4.74 Å². The summed E-state index contributed by atoms with van der Waals surface area (Å²) in [7, 11) is 0. The second kappa shape index (κ2) is 10.1. The molecule has 0 saturated heterocycles. The molecule has 136 valence electrons. The van der Waals surface area contributed by atoms with Crippen molar-refractivity contribution in [2.45, 2.75) is 26.2 Å². The van der Waals surface area contributed by atoms with Crippen molar-refractivity contribution < 1.29 is 18.7 Å². The van der Waals surface area contributed by atoms with E-state index in [0.29, 0.717) is 11.3 Å². The van der Waals surface area contributed by atoms with Gasteiger partial charge in [0.2, 0.25) is 0 Å². The molecule has 0 aromatic heterocycles. The first-order valence-corrected chi connectivity index (χ1v) is 8.56. The summed E-state index contributed by atoms with van der Waals surface area (Å²) in [5.74, 6) is -1.47. The number of hydrogen-bond donors (Lipinski definition) is 1. The number of rotatable bonds is 8. The number of halogens is 1. The molecule has 2 rings (SSSR count). The van der Waals surface area contributed by atoms with E-state index in [0.717, 1.165) is 25.3 Å². The van der Waals surface area contributed by atoms with Gasteiger partial charge in [-0.15, -0.1) is 0 Å². The van der Waals surface area contributed by atoms with Gasteiger partial charge in [0.25, 0.3) is 5.91 Å². The van der Waals surface area contributed by atoms with Gasteiger partial charge in [-0.25, -0.2) is 9.18 Å². The SMILES string of the molecule is CCCCc1ccc(NC(=O)COC(=O)C=Cc2cccc(F)c2)cc1. The minimum Gasteiger partial charge on any atom is -0.452 e. The molecule has 2 aromatic rings. The van der Waals surface area contributed by atoms with Crippen molar-refractivity contribution in [1.29, 1.82) is 0 Å². The normalized spacial score (nSPS) is 10.7. The number of amides is 1. The summed E-state index contributed by atoms with van der Waals surface area (Å²) in [6, 6.07) is 13.4. The number of hydrogen-bond acceptors (Lipinski definition) is 3. The molecular weight excluding hydrogens is 333 g/mol. The summed E-state index contributed by atoms with van der Waals surface area (Å²) < 4.78 is 17.9. The third kappa shape index (κ3) is 6.89. The van der Waals surface area contributed by atoms with Gasteiger partial charge in [0.05, 0.1) is 0 Å². The molecule has 1 amide bonds. The monoisotopic (exact) mass is 355 g/mol. The van der Waals surface area contributed by atoms with Gasteiger partial charge >= 0.3 is 5.97 Å². The number of carbonyl (C=O) groups excluding carboxylic acids is 2. The number of unbranched alkanes of at least 4 members (excludes halogenated alkanes) is 1. The van der Waals surface area contributed by atoms with Crippen LogP contribution in [0, 0.1) is 5.82 Å². The second-order valence-corrected chi connectivity index (χ2v) is 5.84. The third-order valence-corrected chi connectivity index (χ3v) is 3.66. The fourth-order valence-electron chi connectivity index (χ4n) is 2.29. The Bertz CT molecular complexity index is 769. The minimum absolute atomic E-state index is 0.385. The van der Waals surface area contributed by atoms with E-state index in [-0.39, 0.29) is 12.4 Å². The topological polar surface area (TPSA) is 55.4 Å². The molecule has 0 atom stereocenters. The molecule has 0 aliphatic rings. The van der Waals surface area contributed by atoms with Crippen LogP contribution in [0.4, 0.5) is 10.1 Å². The number of esters is 1. The zero-order valence-corrected chi connectivity index (χ0v) is 14.7. The predicted molar refractivity (Wildman–Crippen MR) is 100 cm³/mol. The van der Waals surface area contributed by atoms with Crippen LogP contribution in [0.1, 0.15) is 30.9 Å². The first-order chi connectivity index (χ1) is 12.6. The van der Waals surface area contributed by atoms with E-state index in [9.17, 15) is 14.0 Å². The Balaban J connectivity index is 1.76. The molecule has 0 aliphatic carbocycles. The molecule has 0 bridgehead atoms. The molecule has 5 heteroatoms. The summed E-state index contributed by atoms with van der Waals surface area (Å²) >= 11 is 0. The van der Waals surface area contributed by atoms with Crippen LogP contribution in [0.3, 0.4) is 0 Å². The highest BCUT2D eigenvalue weighted by Crippen LogP contribution is 2.12. The first-order valence-electron chi connectivity index (χ1n) is 8.56. The van der Waals surface area contributed by atoms with Crippen molar-refractivity contribution in [1.82, 2.24) is 0 Å². The largest absolute Gasteiger partial charge is 0.452 e. The van der Waals surface area contributed by atoms with Crippen LogP contribution < -0.4 is 5.32 Å². The summed E-state index contributed by atoms with van der Waals surface area (Å²) in [4.78, 5) is 23.5. The summed E-state index contributed by atoms with van der Waals surface area (Å²) in [6.45, 7) is 1.76. The summed E-state index contributed by atoms with van der Waals surface area (Å²) in [5.41, 5.74) is 2.41. The number of benzene rings is 2. The number of aryl methyl sites for hydroxylation is 1. The average Bonchev–Trinajstić information content (AvgIpc) is 2.64. The van der Waals surface area contributed by atoms with Gasteiger partial charge in [0.15, 0.2) is 6.61 Å². The molecule has 0 spiro atoms. The van der Waals surface area contributed by atoms with Gasteiger partial charge in [0.1, 0.15) is 5.82 Å². The molecule has 26 heavy (non-hydrogen) atoms. The van der Waals surface area contributed by atoms with Crippen LogP contribution >= 0.6 is 0 Å². The van der Waals surface area contributed by atoms with Crippen LogP contribution in [-0.2, 0) is 20.7 Å². The van der Waals surface area contributed by atoms with Gasteiger partial charge in [-0.05, 0) is 54.3 Å². The molecule has 0 unspecified atom stereocenters. The Morgan fingerprint density at radius 3 is 2.62 bits per heavy atom. The maximum absolute atomic E-state index is 13.0. The second-order valence-electron chi connectivity index (χ2n) is 5.84. The van der Waals surface area contributed by atoms with Crippen LogP contribution in [0.25, 0.3) is 6.08 Å². The predicted octanol–water partition coefficient (Wildman–Crippen LogP) is 4.36. The third-order valence-electron chi connectivity index (χ3n) is 3.66. The Morgan fingerprint density at radius 1 is 1.15 bits per heavy atom. The smallest absolute Gasteiger partial charge is 0.331 e. The quantitative estimate of drug-likeness (QED) is 0.565. The van der Waals surface area contributed by atoms with Crippen molar-refractivity contribution >= 4 is 23.6 Å². The van der Waals surface area contributed by atoms with Crippen molar-refractivity contribution in [3.8, 4) is 0 Å². The highest BCUT2D eigenvalue weighted by atomic mass is 19.1. The van der Waals surface area contributed by atoms with E-state index in [1.54, 1.807) is 12.1 Å². The van der Waals surface area contributed by atoms with Gasteiger partial charge < -0.3 is 10.1 Å². The zero-order chi connectivity index (χ0) is 18.8. The lowest BCUT2D eigenvalue weighted by molar-refractivity contribution is -0.142. The zero-order valence-electron chi connectivity index (χ0n) is 14.7. The van der Waals surface area contributed by atoms with Crippen molar-refractivity contribution in [2.24, 2.45) is 0 Å². The number of anilines is 1. The molecule has 1 N–H and O–H groups in total. The molecule has 2 aromatic carbocycles. The first kappa shape index (κ1) is 19.4. The van der Waals surface area contributed by atoms with E-state index in [2.05, 4.69) is 12.2 Å². The highest BCUT2D eigenvalue weighted by molar-refractivity contribution is 5.94. The van der Waals surface area contributed by atoms with Crippen LogP contribution in [0.2, 0.25) is 0 Å². The van der Waals surface area contributed by atoms with Crippen LogP contribution in [0.15, 0.2) is 54.6 Å². The lowest BCUT2D eigenvalue weighted by atomic mass is 10.1. The van der Waals surface area contributed by atoms with Gasteiger partial charge in [-0.3, -0.25) is 4.79 Å². The van der Waals surface area contributed by atoms with E-state index in [1.807, 2.05) is 24.3 Å². The van der Waals surface area contributed by atoms with Crippen LogP contribution in [0.5, 0.6) is 0 Å². The molecule has 0 fully saturated rings. The van der Waals surface area contributed by atoms with Crippen molar-refractivity contribution in [3.05, 3.63) is 71.6 Å². The van der Waals surface area contributed by atoms with E-state index < -0.39 is 11.9 Å². The molecule has 0 radical (unpaired) electrons. The number of carbonyl (C=O) groups is 2. The highest BCUT2D eigenvalue weighted by Gasteiger charge is 2.06. The van der Waals surface area contributed by atoms with Crippen molar-refractivity contribution in [2.75, 3.05) is 11.9 Å². The maximum Gasteiger partial charge on any atom is 0.331 e. The lowest BCUT2D eigenvalue weighted by Crippen LogP contribution is -2.20. The Kier molecular flexibility index (Phi) is 7.55. The lowest BCUT2D eigenvalue weighted by Gasteiger charge is -2.06.